The predicted molar refractivity (Wildman–Crippen MR) is 125 cm³/mol. The number of rotatable bonds is 4. The third kappa shape index (κ3) is 3.76. The van der Waals surface area contributed by atoms with Crippen molar-refractivity contribution < 1.29 is 9.53 Å². The van der Waals surface area contributed by atoms with Crippen LogP contribution in [0.3, 0.4) is 0 Å². The van der Waals surface area contributed by atoms with E-state index in [1.807, 2.05) is 53.6 Å². The minimum absolute atomic E-state index is 0.261. The molecule has 30 heavy (non-hydrogen) atoms. The molecule has 2 aliphatic heterocycles. The molecule has 0 aromatic heterocycles. The topological polar surface area (TPSA) is 41.9 Å². The number of fused-ring (bicyclic) bond motifs is 1. The summed E-state index contributed by atoms with van der Waals surface area (Å²) in [4.78, 5) is 19.7. The van der Waals surface area contributed by atoms with Crippen molar-refractivity contribution in [2.45, 2.75) is 19.9 Å². The van der Waals surface area contributed by atoms with Crippen molar-refractivity contribution in [3.05, 3.63) is 85.3 Å². The van der Waals surface area contributed by atoms with Crippen LogP contribution in [0.4, 0.5) is 0 Å². The fraction of sp³-hybridized carbons (Fsp3) is 0.182. The van der Waals surface area contributed by atoms with Gasteiger partial charge in [0.25, 0.3) is 0 Å². The van der Waals surface area contributed by atoms with E-state index in [0.717, 1.165) is 16.4 Å². The molecule has 0 N–H and O–H groups in total. The van der Waals surface area contributed by atoms with Gasteiger partial charge in [-0.25, -0.2) is 9.79 Å². The number of allylic oxidation sites excluding steroid dienone is 1. The molecule has 0 unspecified atom stereocenters. The highest BCUT2D eigenvalue weighted by atomic mass is 35.5. The van der Waals surface area contributed by atoms with Crippen molar-refractivity contribution in [3.63, 3.8) is 0 Å². The zero-order valence-electron chi connectivity index (χ0n) is 16.2. The van der Waals surface area contributed by atoms with Crippen molar-refractivity contribution >= 4 is 63.4 Å². The number of amidine groups is 1. The predicted octanol–water partition coefficient (Wildman–Crippen LogP) is 6.94. The van der Waals surface area contributed by atoms with E-state index >= 15 is 0 Å². The first-order chi connectivity index (χ1) is 14.4. The zero-order valence-corrected chi connectivity index (χ0v) is 19.2. The number of ether oxygens (including phenoxy) is 1. The first kappa shape index (κ1) is 21.3. The third-order valence-corrected chi connectivity index (χ3v) is 6.76. The standard InChI is InChI=1S/C22H17Cl3N2O2S/c1-3-29-21(28)18-12(2)26-22-27(20(18)15-5-4-6-16(24)19(15)25)17(11-30-22)13-7-9-14(23)10-8-13/h4-11,20H,3H2,1-2H3/t20-/m0/s1. The lowest BCUT2D eigenvalue weighted by atomic mass is 9.93. The number of nitrogens with zero attached hydrogens (tertiary/aromatic N) is 2. The van der Waals surface area contributed by atoms with Crippen molar-refractivity contribution in [2.24, 2.45) is 4.99 Å². The van der Waals surface area contributed by atoms with Gasteiger partial charge in [0, 0.05) is 10.4 Å². The molecule has 0 saturated carbocycles. The van der Waals surface area contributed by atoms with E-state index in [1.165, 1.54) is 11.8 Å². The van der Waals surface area contributed by atoms with Crippen LogP contribution in [0.2, 0.25) is 15.1 Å². The second-order valence-corrected chi connectivity index (χ2v) is 8.72. The van der Waals surface area contributed by atoms with Crippen LogP contribution >= 0.6 is 46.6 Å². The molecule has 0 aliphatic carbocycles. The molecule has 1 atom stereocenters. The zero-order chi connectivity index (χ0) is 21.4. The Bertz CT molecular complexity index is 1110. The molecule has 4 rings (SSSR count). The third-order valence-electron chi connectivity index (χ3n) is 4.84. The van der Waals surface area contributed by atoms with Gasteiger partial charge < -0.3 is 9.64 Å². The van der Waals surface area contributed by atoms with E-state index < -0.39 is 12.0 Å². The number of hydrogen-bond acceptors (Lipinski definition) is 5. The van der Waals surface area contributed by atoms with Crippen LogP contribution in [-0.4, -0.2) is 22.6 Å². The summed E-state index contributed by atoms with van der Waals surface area (Å²) < 4.78 is 5.37. The molecule has 0 bridgehead atoms. The van der Waals surface area contributed by atoms with Gasteiger partial charge in [-0.1, -0.05) is 70.8 Å². The van der Waals surface area contributed by atoms with Crippen LogP contribution in [0.5, 0.6) is 0 Å². The van der Waals surface area contributed by atoms with Gasteiger partial charge in [-0.2, -0.15) is 0 Å². The number of thioether (sulfide) groups is 1. The van der Waals surface area contributed by atoms with E-state index in [-0.39, 0.29) is 6.61 Å². The highest BCUT2D eigenvalue weighted by molar-refractivity contribution is 8.16. The number of benzene rings is 2. The molecule has 154 valence electrons. The Morgan fingerprint density at radius 1 is 1.17 bits per heavy atom. The molecular weight excluding hydrogens is 463 g/mol. The van der Waals surface area contributed by atoms with Gasteiger partial charge in [0.15, 0.2) is 5.17 Å². The Morgan fingerprint density at radius 2 is 1.90 bits per heavy atom. The normalized spacial score (nSPS) is 18.2. The summed E-state index contributed by atoms with van der Waals surface area (Å²) in [5.41, 5.74) is 3.58. The molecule has 2 heterocycles. The lowest BCUT2D eigenvalue weighted by Crippen LogP contribution is -2.36. The molecule has 0 radical (unpaired) electrons. The largest absolute Gasteiger partial charge is 0.463 e. The molecule has 2 aromatic carbocycles. The summed E-state index contributed by atoms with van der Waals surface area (Å²) in [6.45, 7) is 3.84. The minimum Gasteiger partial charge on any atom is -0.463 e. The number of hydrogen-bond donors (Lipinski definition) is 0. The second kappa shape index (κ2) is 8.67. The first-order valence-electron chi connectivity index (χ1n) is 9.24. The van der Waals surface area contributed by atoms with Crippen molar-refractivity contribution in [1.29, 1.82) is 0 Å². The maximum atomic E-state index is 13.0. The summed E-state index contributed by atoms with van der Waals surface area (Å²) >= 11 is 20.5. The van der Waals surface area contributed by atoms with E-state index in [2.05, 4.69) is 4.99 Å². The van der Waals surface area contributed by atoms with Gasteiger partial charge >= 0.3 is 5.97 Å². The van der Waals surface area contributed by atoms with Crippen LogP contribution in [0.25, 0.3) is 5.70 Å². The molecule has 0 saturated heterocycles. The monoisotopic (exact) mass is 478 g/mol. The Hall–Kier alpha value is -1.92. The quantitative estimate of drug-likeness (QED) is 0.445. The van der Waals surface area contributed by atoms with Crippen LogP contribution in [0.1, 0.15) is 31.0 Å². The van der Waals surface area contributed by atoms with Gasteiger partial charge in [0.2, 0.25) is 0 Å². The number of aliphatic imine (C=N–C) groups is 1. The maximum Gasteiger partial charge on any atom is 0.338 e. The van der Waals surface area contributed by atoms with E-state index in [9.17, 15) is 4.79 Å². The number of esters is 1. The van der Waals surface area contributed by atoms with Crippen LogP contribution in [0, 0.1) is 0 Å². The Labute approximate surface area is 194 Å². The summed E-state index contributed by atoms with van der Waals surface area (Å²) in [7, 11) is 0. The van der Waals surface area contributed by atoms with E-state index in [1.54, 1.807) is 13.0 Å². The molecule has 0 amide bonds. The summed E-state index contributed by atoms with van der Waals surface area (Å²) in [5, 5.41) is 4.23. The van der Waals surface area contributed by atoms with Gasteiger partial charge in [0.1, 0.15) is 0 Å². The SMILES string of the molecule is CCOC(=O)C1=C(C)N=C2SC=C(c3ccc(Cl)cc3)N2[C@H]1c1cccc(Cl)c1Cl. The smallest absolute Gasteiger partial charge is 0.338 e. The number of halogens is 3. The van der Waals surface area contributed by atoms with E-state index in [4.69, 9.17) is 39.5 Å². The van der Waals surface area contributed by atoms with Crippen LogP contribution < -0.4 is 0 Å². The average Bonchev–Trinajstić information content (AvgIpc) is 3.13. The molecule has 0 fully saturated rings. The fourth-order valence-corrected chi connectivity index (χ4v) is 5.02. The maximum absolute atomic E-state index is 13.0. The van der Waals surface area contributed by atoms with Gasteiger partial charge in [0.05, 0.1) is 39.7 Å². The Morgan fingerprint density at radius 3 is 2.60 bits per heavy atom. The fourth-order valence-electron chi connectivity index (χ4n) is 3.51. The van der Waals surface area contributed by atoms with Crippen molar-refractivity contribution in [3.8, 4) is 0 Å². The van der Waals surface area contributed by atoms with Gasteiger partial charge in [-0.05, 0) is 43.2 Å². The lowest BCUT2D eigenvalue weighted by molar-refractivity contribution is -0.139. The minimum atomic E-state index is -0.528. The molecule has 4 nitrogen and oxygen atoms in total. The van der Waals surface area contributed by atoms with Crippen LogP contribution in [-0.2, 0) is 9.53 Å². The van der Waals surface area contributed by atoms with E-state index in [0.29, 0.717) is 31.9 Å². The molecule has 2 aromatic rings. The first-order valence-corrected chi connectivity index (χ1v) is 11.3. The highest BCUT2D eigenvalue weighted by Gasteiger charge is 2.42. The molecular formula is C22H17Cl3N2O2S. The van der Waals surface area contributed by atoms with Crippen molar-refractivity contribution in [2.75, 3.05) is 6.61 Å². The molecule has 8 heteroatoms. The second-order valence-electron chi connectivity index (χ2n) is 6.66. The Balaban J connectivity index is 1.90. The summed E-state index contributed by atoms with van der Waals surface area (Å²) in [6.07, 6.45) is 0. The molecule has 0 spiro atoms. The number of carbonyl (C=O) groups excluding carboxylic acids is 1. The summed E-state index contributed by atoms with van der Waals surface area (Å²) in [6, 6.07) is 12.4. The average molecular weight is 480 g/mol. The summed E-state index contributed by atoms with van der Waals surface area (Å²) in [5.74, 6) is -0.425. The highest BCUT2D eigenvalue weighted by Crippen LogP contribution is 2.49. The molecule has 2 aliphatic rings. The van der Waals surface area contributed by atoms with Crippen molar-refractivity contribution in [1.82, 2.24) is 4.90 Å². The number of carbonyl (C=O) groups is 1. The Kier molecular flexibility index (Phi) is 6.16. The van der Waals surface area contributed by atoms with Gasteiger partial charge in [-0.3, -0.25) is 0 Å². The lowest BCUT2D eigenvalue weighted by Gasteiger charge is -2.36. The van der Waals surface area contributed by atoms with Gasteiger partial charge in [-0.15, -0.1) is 0 Å². The van der Waals surface area contributed by atoms with Crippen LogP contribution in [0.15, 0.2) is 64.1 Å².